The standard InChI is InChI=1S/C30H48FNO4SSi2/c1-29(2,3)38(7,8)35-25-17-20-27(28(21-25)36-39(9,10)30(4,5)6)22-11-15-24(16-12-22)32-37(33,34)26-18-13-23(31)14-19-26/h13-14,17-22,24,32H,11-12,15-16H2,1-10H3. The Morgan fingerprint density at radius 1 is 0.795 bits per heavy atom. The van der Waals surface area contributed by atoms with E-state index in [1.807, 2.05) is 0 Å². The van der Waals surface area contributed by atoms with Crippen LogP contribution in [0, 0.1) is 5.82 Å². The Morgan fingerprint density at radius 2 is 1.31 bits per heavy atom. The fourth-order valence-corrected chi connectivity index (χ4v) is 7.66. The van der Waals surface area contributed by atoms with E-state index in [1.165, 1.54) is 29.8 Å². The van der Waals surface area contributed by atoms with Crippen molar-refractivity contribution in [2.24, 2.45) is 0 Å². The maximum Gasteiger partial charge on any atom is 0.250 e. The number of hydrogen-bond donors (Lipinski definition) is 1. The highest BCUT2D eigenvalue weighted by Gasteiger charge is 2.41. The van der Waals surface area contributed by atoms with E-state index in [0.717, 1.165) is 37.2 Å². The molecule has 1 aliphatic carbocycles. The molecule has 1 N–H and O–H groups in total. The molecule has 3 rings (SSSR count). The molecule has 0 bridgehead atoms. The second-order valence-corrected chi connectivity index (χ2v) is 25.2. The first-order valence-corrected chi connectivity index (χ1v) is 21.3. The van der Waals surface area contributed by atoms with Crippen LogP contribution in [-0.2, 0) is 10.0 Å². The predicted molar refractivity (Wildman–Crippen MR) is 164 cm³/mol. The minimum Gasteiger partial charge on any atom is -0.543 e. The second-order valence-electron chi connectivity index (χ2n) is 14.0. The highest BCUT2D eigenvalue weighted by Crippen LogP contribution is 2.45. The van der Waals surface area contributed by atoms with E-state index in [1.54, 1.807) is 0 Å². The van der Waals surface area contributed by atoms with Crippen LogP contribution in [0.25, 0.3) is 0 Å². The Labute approximate surface area is 238 Å². The lowest BCUT2D eigenvalue weighted by molar-refractivity contribution is 0.367. The topological polar surface area (TPSA) is 64.6 Å². The van der Waals surface area contributed by atoms with Crippen LogP contribution in [0.2, 0.25) is 36.3 Å². The molecule has 1 fully saturated rings. The van der Waals surface area contributed by atoms with Crippen molar-refractivity contribution in [3.8, 4) is 11.5 Å². The summed E-state index contributed by atoms with van der Waals surface area (Å²) in [6.45, 7) is 22.5. The SMILES string of the molecule is CC(C)(C)[Si](C)(C)Oc1ccc(C2CCC(NS(=O)(=O)c3ccc(F)cc3)CC2)c(O[Si](C)(C)C(C)(C)C)c1. The molecule has 2 aromatic rings. The van der Waals surface area contributed by atoms with Gasteiger partial charge in [0.1, 0.15) is 17.3 Å². The fourth-order valence-electron chi connectivity index (χ4n) is 4.30. The van der Waals surface area contributed by atoms with Crippen molar-refractivity contribution in [2.75, 3.05) is 0 Å². The van der Waals surface area contributed by atoms with Crippen molar-refractivity contribution in [1.29, 1.82) is 0 Å². The Kier molecular flexibility index (Phi) is 9.22. The van der Waals surface area contributed by atoms with Gasteiger partial charge in [0.25, 0.3) is 0 Å². The van der Waals surface area contributed by atoms with E-state index in [0.29, 0.717) is 0 Å². The molecule has 9 heteroatoms. The molecule has 2 aromatic carbocycles. The van der Waals surface area contributed by atoms with Gasteiger partial charge in [0, 0.05) is 12.1 Å². The van der Waals surface area contributed by atoms with Crippen molar-refractivity contribution in [3.63, 3.8) is 0 Å². The maximum absolute atomic E-state index is 13.3. The van der Waals surface area contributed by atoms with Crippen LogP contribution in [0.15, 0.2) is 47.4 Å². The summed E-state index contributed by atoms with van der Waals surface area (Å²) < 4.78 is 55.3. The number of rotatable bonds is 8. The zero-order valence-corrected chi connectivity index (χ0v) is 28.3. The molecule has 0 atom stereocenters. The van der Waals surface area contributed by atoms with Crippen LogP contribution < -0.4 is 13.6 Å². The molecule has 0 saturated heterocycles. The van der Waals surface area contributed by atoms with Crippen LogP contribution >= 0.6 is 0 Å². The third kappa shape index (κ3) is 7.74. The van der Waals surface area contributed by atoms with Gasteiger partial charge in [-0.25, -0.2) is 17.5 Å². The first-order chi connectivity index (χ1) is 17.7. The third-order valence-electron chi connectivity index (χ3n) is 8.95. The molecule has 1 aliphatic rings. The number of hydrogen-bond acceptors (Lipinski definition) is 4. The van der Waals surface area contributed by atoms with Gasteiger partial charge >= 0.3 is 0 Å². The summed E-state index contributed by atoms with van der Waals surface area (Å²) in [6, 6.07) is 11.2. The van der Waals surface area contributed by atoms with Gasteiger partial charge in [-0.2, -0.15) is 0 Å². The van der Waals surface area contributed by atoms with Gasteiger partial charge in [0.15, 0.2) is 0 Å². The first kappa shape index (κ1) is 31.8. The van der Waals surface area contributed by atoms with Gasteiger partial charge in [-0.1, -0.05) is 47.6 Å². The molecule has 0 spiro atoms. The van der Waals surface area contributed by atoms with Gasteiger partial charge in [-0.3, -0.25) is 0 Å². The van der Waals surface area contributed by atoms with Gasteiger partial charge in [-0.15, -0.1) is 0 Å². The van der Waals surface area contributed by atoms with Crippen LogP contribution in [-0.4, -0.2) is 31.1 Å². The molecule has 0 aliphatic heterocycles. The molecule has 0 unspecified atom stereocenters. The summed E-state index contributed by atoms with van der Waals surface area (Å²) in [5, 5.41) is 0.141. The van der Waals surface area contributed by atoms with E-state index in [-0.39, 0.29) is 26.9 Å². The van der Waals surface area contributed by atoms with Crippen molar-refractivity contribution in [3.05, 3.63) is 53.8 Å². The molecule has 1 saturated carbocycles. The molecule has 0 heterocycles. The Balaban J connectivity index is 1.82. The summed E-state index contributed by atoms with van der Waals surface area (Å²) in [6.07, 6.45) is 3.17. The minimum absolute atomic E-state index is 0.0524. The molecule has 39 heavy (non-hydrogen) atoms. The van der Waals surface area contributed by atoms with Gasteiger partial charge in [0.2, 0.25) is 26.7 Å². The molecule has 218 valence electrons. The van der Waals surface area contributed by atoms with Crippen molar-refractivity contribution in [1.82, 2.24) is 4.72 Å². The van der Waals surface area contributed by atoms with E-state index in [4.69, 9.17) is 8.85 Å². The number of nitrogens with one attached hydrogen (secondary N) is 1. The average Bonchev–Trinajstić information content (AvgIpc) is 2.78. The minimum atomic E-state index is -3.69. The maximum atomic E-state index is 13.3. The summed E-state index contributed by atoms with van der Waals surface area (Å²) in [5.41, 5.74) is 1.18. The lowest BCUT2D eigenvalue weighted by Gasteiger charge is -2.39. The Hall–Kier alpha value is -1.69. The molecule has 5 nitrogen and oxygen atoms in total. The Morgan fingerprint density at radius 3 is 1.82 bits per heavy atom. The predicted octanol–water partition coefficient (Wildman–Crippen LogP) is 8.60. The van der Waals surface area contributed by atoms with E-state index >= 15 is 0 Å². The normalized spacial score (nSPS) is 19.6. The van der Waals surface area contributed by atoms with E-state index in [2.05, 4.69) is 90.7 Å². The van der Waals surface area contributed by atoms with Gasteiger partial charge in [0.05, 0.1) is 4.90 Å². The molecule has 0 aromatic heterocycles. The van der Waals surface area contributed by atoms with E-state index < -0.39 is 32.5 Å². The monoisotopic (exact) mass is 593 g/mol. The molecule has 0 radical (unpaired) electrons. The van der Waals surface area contributed by atoms with Gasteiger partial charge in [-0.05, 0) is 104 Å². The van der Waals surface area contributed by atoms with E-state index in [9.17, 15) is 12.8 Å². The number of benzene rings is 2. The zero-order valence-electron chi connectivity index (χ0n) is 25.4. The Bertz CT molecular complexity index is 1240. The van der Waals surface area contributed by atoms with Crippen LogP contribution in [0.1, 0.15) is 78.7 Å². The van der Waals surface area contributed by atoms with Gasteiger partial charge < -0.3 is 8.85 Å². The highest BCUT2D eigenvalue weighted by atomic mass is 32.2. The molecular formula is C30H48FNO4SSi2. The largest absolute Gasteiger partial charge is 0.543 e. The smallest absolute Gasteiger partial charge is 0.250 e. The van der Waals surface area contributed by atoms with Crippen LogP contribution in [0.5, 0.6) is 11.5 Å². The number of sulfonamides is 1. The molecular weight excluding hydrogens is 546 g/mol. The zero-order chi connectivity index (χ0) is 29.4. The third-order valence-corrected chi connectivity index (χ3v) is 19.2. The first-order valence-electron chi connectivity index (χ1n) is 14.0. The number of halogens is 1. The van der Waals surface area contributed by atoms with Crippen LogP contribution in [0.4, 0.5) is 4.39 Å². The summed E-state index contributed by atoms with van der Waals surface area (Å²) in [7, 11) is -7.81. The summed E-state index contributed by atoms with van der Waals surface area (Å²) in [4.78, 5) is 0.0911. The molecule has 0 amide bonds. The lowest BCUT2D eigenvalue weighted by Crippen LogP contribution is -2.44. The fraction of sp³-hybridized carbons (Fsp3) is 0.600. The summed E-state index contributed by atoms with van der Waals surface area (Å²) >= 11 is 0. The summed E-state index contributed by atoms with van der Waals surface area (Å²) in [5.74, 6) is 1.59. The lowest BCUT2D eigenvalue weighted by atomic mass is 9.81. The van der Waals surface area contributed by atoms with Crippen molar-refractivity contribution < 1.29 is 21.7 Å². The van der Waals surface area contributed by atoms with Crippen LogP contribution in [0.3, 0.4) is 0 Å². The quantitative estimate of drug-likeness (QED) is 0.311. The average molecular weight is 594 g/mol. The second kappa shape index (κ2) is 11.3. The highest BCUT2D eigenvalue weighted by molar-refractivity contribution is 7.89. The van der Waals surface area contributed by atoms with Crippen molar-refractivity contribution >= 4 is 26.7 Å². The van der Waals surface area contributed by atoms with Crippen molar-refractivity contribution in [2.45, 2.75) is 120 Å².